The smallest absolute Gasteiger partial charge is 0.199 e. The molecule has 4 aromatic rings. The van der Waals surface area contributed by atoms with Gasteiger partial charge in [-0.3, -0.25) is 4.79 Å². The Morgan fingerprint density at radius 1 is 1.15 bits per heavy atom. The van der Waals surface area contributed by atoms with Crippen LogP contribution in [0.3, 0.4) is 0 Å². The van der Waals surface area contributed by atoms with E-state index in [0.29, 0.717) is 5.56 Å². The minimum absolute atomic E-state index is 0.0629. The highest BCUT2D eigenvalue weighted by Crippen LogP contribution is 2.29. The van der Waals surface area contributed by atoms with Gasteiger partial charge < -0.3 is 9.47 Å². The maximum Gasteiger partial charge on any atom is 0.199 e. The molecule has 0 saturated carbocycles. The van der Waals surface area contributed by atoms with E-state index >= 15 is 0 Å². The van der Waals surface area contributed by atoms with Crippen LogP contribution in [-0.2, 0) is 6.54 Å². The third kappa shape index (κ3) is 3.53. The van der Waals surface area contributed by atoms with Gasteiger partial charge in [0.1, 0.15) is 5.01 Å². The average molecular weight is 378 g/mol. The molecule has 0 aliphatic rings. The van der Waals surface area contributed by atoms with Crippen molar-refractivity contribution in [3.8, 4) is 10.6 Å². The van der Waals surface area contributed by atoms with Crippen LogP contribution in [-0.4, -0.2) is 35.1 Å². The van der Waals surface area contributed by atoms with E-state index in [2.05, 4.69) is 42.6 Å². The molecule has 0 bridgehead atoms. The summed E-state index contributed by atoms with van der Waals surface area (Å²) in [7, 11) is 4.17. The first-order chi connectivity index (χ1) is 13.0. The Balaban J connectivity index is 1.88. The van der Waals surface area contributed by atoms with Crippen molar-refractivity contribution in [2.24, 2.45) is 0 Å². The van der Waals surface area contributed by atoms with Crippen LogP contribution < -0.4 is 5.43 Å². The van der Waals surface area contributed by atoms with Crippen LogP contribution in [0.5, 0.6) is 0 Å². The van der Waals surface area contributed by atoms with Crippen molar-refractivity contribution in [3.63, 3.8) is 0 Å². The molecule has 27 heavy (non-hydrogen) atoms. The number of fused-ring (bicyclic) bond motifs is 2. The summed E-state index contributed by atoms with van der Waals surface area (Å²) in [6, 6.07) is 14.1. The summed E-state index contributed by atoms with van der Waals surface area (Å²) in [5, 5.41) is 1.56. The number of hydrogen-bond acceptors (Lipinski definition) is 4. The zero-order chi connectivity index (χ0) is 19.0. The SMILES string of the molecule is Cc1ccc2c(=O)c(-c3nc4ccccc4s3)cn(CCCN(C)C)c2c1. The standard InChI is InChI=1S/C22H23N3OS/c1-15-9-10-16-19(13-15)25(12-6-11-24(2)3)14-17(21(16)26)22-23-18-7-4-5-8-20(18)27-22/h4-5,7-10,13-14H,6,11-12H2,1-3H3. The van der Waals surface area contributed by atoms with Crippen LogP contribution in [0.25, 0.3) is 31.7 Å². The van der Waals surface area contributed by atoms with E-state index in [4.69, 9.17) is 4.98 Å². The Morgan fingerprint density at radius 2 is 1.96 bits per heavy atom. The first-order valence-electron chi connectivity index (χ1n) is 9.17. The zero-order valence-electron chi connectivity index (χ0n) is 15.9. The molecule has 0 fully saturated rings. The van der Waals surface area contributed by atoms with E-state index in [1.54, 1.807) is 11.3 Å². The van der Waals surface area contributed by atoms with Gasteiger partial charge in [0.2, 0.25) is 0 Å². The van der Waals surface area contributed by atoms with Crippen molar-refractivity contribution < 1.29 is 0 Å². The molecule has 0 saturated heterocycles. The molecule has 0 amide bonds. The Kier molecular flexibility index (Phi) is 4.81. The van der Waals surface area contributed by atoms with E-state index in [1.165, 1.54) is 0 Å². The highest BCUT2D eigenvalue weighted by molar-refractivity contribution is 7.21. The van der Waals surface area contributed by atoms with E-state index < -0.39 is 0 Å². The molecule has 2 heterocycles. The quantitative estimate of drug-likeness (QED) is 0.512. The van der Waals surface area contributed by atoms with Gasteiger partial charge in [-0.2, -0.15) is 0 Å². The van der Waals surface area contributed by atoms with Gasteiger partial charge in [0.05, 0.1) is 21.3 Å². The van der Waals surface area contributed by atoms with Crippen LogP contribution in [0.2, 0.25) is 0 Å². The Morgan fingerprint density at radius 3 is 2.74 bits per heavy atom. The van der Waals surface area contributed by atoms with E-state index in [0.717, 1.165) is 51.2 Å². The number of para-hydroxylation sites is 1. The summed E-state index contributed by atoms with van der Waals surface area (Å²) in [6.07, 6.45) is 3.02. The molecule has 5 heteroatoms. The molecule has 138 valence electrons. The second kappa shape index (κ2) is 7.25. The van der Waals surface area contributed by atoms with Crippen molar-refractivity contribution in [3.05, 3.63) is 64.4 Å². The van der Waals surface area contributed by atoms with Crippen LogP contribution in [0.4, 0.5) is 0 Å². The van der Waals surface area contributed by atoms with Crippen LogP contribution in [0, 0.1) is 6.92 Å². The van der Waals surface area contributed by atoms with Gasteiger partial charge in [-0.1, -0.05) is 18.2 Å². The van der Waals surface area contributed by atoms with Gasteiger partial charge in [0, 0.05) is 18.1 Å². The molecular weight excluding hydrogens is 354 g/mol. The fourth-order valence-corrected chi connectivity index (χ4v) is 4.35. The Labute approximate surface area is 162 Å². The second-order valence-electron chi connectivity index (χ2n) is 7.23. The van der Waals surface area contributed by atoms with E-state index in [9.17, 15) is 4.79 Å². The number of pyridine rings is 1. The molecule has 0 aliphatic heterocycles. The van der Waals surface area contributed by atoms with Crippen molar-refractivity contribution in [2.45, 2.75) is 19.9 Å². The molecule has 2 aromatic heterocycles. The zero-order valence-corrected chi connectivity index (χ0v) is 16.7. The van der Waals surface area contributed by atoms with Crippen molar-refractivity contribution in [1.29, 1.82) is 0 Å². The van der Waals surface area contributed by atoms with E-state index in [1.807, 2.05) is 36.5 Å². The monoisotopic (exact) mass is 377 g/mol. The lowest BCUT2D eigenvalue weighted by Crippen LogP contribution is -2.17. The number of rotatable bonds is 5. The molecular formula is C22H23N3OS. The lowest BCUT2D eigenvalue weighted by Gasteiger charge is -2.15. The molecule has 0 spiro atoms. The minimum Gasteiger partial charge on any atom is -0.346 e. The predicted octanol–water partition coefficient (Wildman–Crippen LogP) is 4.54. The van der Waals surface area contributed by atoms with Crippen molar-refractivity contribution in [2.75, 3.05) is 20.6 Å². The van der Waals surface area contributed by atoms with E-state index in [-0.39, 0.29) is 5.43 Å². The number of nitrogens with zero attached hydrogens (tertiary/aromatic N) is 3. The maximum absolute atomic E-state index is 13.2. The third-order valence-corrected chi connectivity index (χ3v) is 5.84. The molecule has 0 radical (unpaired) electrons. The summed E-state index contributed by atoms with van der Waals surface area (Å²) in [4.78, 5) is 20.1. The van der Waals surface area contributed by atoms with Gasteiger partial charge in [-0.25, -0.2) is 4.98 Å². The summed E-state index contributed by atoms with van der Waals surface area (Å²) in [5.74, 6) is 0. The lowest BCUT2D eigenvalue weighted by molar-refractivity contribution is 0.388. The van der Waals surface area contributed by atoms with Gasteiger partial charge in [0.25, 0.3) is 0 Å². The largest absolute Gasteiger partial charge is 0.346 e. The summed E-state index contributed by atoms with van der Waals surface area (Å²) < 4.78 is 3.32. The highest BCUT2D eigenvalue weighted by atomic mass is 32.1. The van der Waals surface area contributed by atoms with Gasteiger partial charge in [0.15, 0.2) is 5.43 Å². The Bertz CT molecular complexity index is 1140. The number of aryl methyl sites for hydroxylation is 2. The van der Waals surface area contributed by atoms with Gasteiger partial charge >= 0.3 is 0 Å². The van der Waals surface area contributed by atoms with Crippen molar-refractivity contribution >= 4 is 32.5 Å². The highest BCUT2D eigenvalue weighted by Gasteiger charge is 2.14. The second-order valence-corrected chi connectivity index (χ2v) is 8.26. The van der Waals surface area contributed by atoms with Crippen LogP contribution in [0.1, 0.15) is 12.0 Å². The summed E-state index contributed by atoms with van der Waals surface area (Å²) in [5.41, 5.74) is 3.87. The van der Waals surface area contributed by atoms with Crippen LogP contribution in [0.15, 0.2) is 53.5 Å². The number of thiazole rings is 1. The molecule has 0 N–H and O–H groups in total. The predicted molar refractivity (Wildman–Crippen MR) is 115 cm³/mol. The van der Waals surface area contributed by atoms with Crippen LogP contribution >= 0.6 is 11.3 Å². The molecule has 4 nitrogen and oxygen atoms in total. The normalized spacial score (nSPS) is 11.7. The molecule has 0 atom stereocenters. The minimum atomic E-state index is 0.0629. The fraction of sp³-hybridized carbons (Fsp3) is 0.273. The first kappa shape index (κ1) is 17.9. The Hall–Kier alpha value is -2.50. The lowest BCUT2D eigenvalue weighted by atomic mass is 10.1. The average Bonchev–Trinajstić information content (AvgIpc) is 3.07. The number of hydrogen-bond donors (Lipinski definition) is 0. The molecule has 0 aliphatic carbocycles. The number of aromatic nitrogens is 2. The fourth-order valence-electron chi connectivity index (χ4n) is 3.38. The van der Waals surface area contributed by atoms with Gasteiger partial charge in [-0.05, 0) is 63.8 Å². The molecule has 2 aromatic carbocycles. The maximum atomic E-state index is 13.2. The first-order valence-corrected chi connectivity index (χ1v) is 9.99. The number of benzene rings is 2. The molecule has 0 unspecified atom stereocenters. The van der Waals surface area contributed by atoms with Crippen molar-refractivity contribution in [1.82, 2.24) is 14.5 Å². The summed E-state index contributed by atoms with van der Waals surface area (Å²) in [6.45, 7) is 3.95. The third-order valence-electron chi connectivity index (χ3n) is 4.77. The van der Waals surface area contributed by atoms with Gasteiger partial charge in [-0.15, -0.1) is 11.3 Å². The topological polar surface area (TPSA) is 38.1 Å². The summed E-state index contributed by atoms with van der Waals surface area (Å²) >= 11 is 1.58. The molecule has 4 rings (SSSR count).